The smallest absolute Gasteiger partial charge is 0.0968 e. The van der Waals surface area contributed by atoms with E-state index in [1.165, 1.54) is 43.6 Å². The van der Waals surface area contributed by atoms with Crippen molar-refractivity contribution in [3.05, 3.63) is 23.9 Å². The molecule has 0 N–H and O–H groups in total. The average Bonchev–Trinajstić information content (AvgIpc) is 2.25. The lowest BCUT2D eigenvalue weighted by atomic mass is 9.56. The first-order chi connectivity index (χ1) is 8.71. The number of hydrogen-bond donors (Lipinski definition) is 0. The fraction of sp³-hybridized carbons (Fsp3) is 0.688. The van der Waals surface area contributed by atoms with Gasteiger partial charge in [-0.3, -0.25) is 0 Å². The van der Waals surface area contributed by atoms with Crippen molar-refractivity contribution in [3.63, 3.8) is 0 Å². The Labute approximate surface area is 114 Å². The highest BCUT2D eigenvalue weighted by molar-refractivity contribution is 8.00. The second-order valence-electron chi connectivity index (χ2n) is 6.82. The van der Waals surface area contributed by atoms with Gasteiger partial charge in [0.15, 0.2) is 0 Å². The maximum Gasteiger partial charge on any atom is 0.0968 e. The molecule has 2 heteroatoms. The van der Waals surface area contributed by atoms with Crippen LogP contribution in [0.3, 0.4) is 0 Å². The summed E-state index contributed by atoms with van der Waals surface area (Å²) in [6, 6.07) is 6.46. The number of nitrogens with zero attached hydrogens (tertiary/aromatic N) is 1. The maximum absolute atomic E-state index is 4.71. The minimum absolute atomic E-state index is 0.551. The van der Waals surface area contributed by atoms with Crippen molar-refractivity contribution in [3.8, 4) is 0 Å². The molecule has 1 heterocycles. The molecule has 0 saturated heterocycles. The van der Waals surface area contributed by atoms with Crippen molar-refractivity contribution in [2.45, 2.75) is 55.2 Å². The van der Waals surface area contributed by atoms with Crippen LogP contribution >= 0.6 is 11.8 Å². The van der Waals surface area contributed by atoms with Crippen LogP contribution in [0.25, 0.3) is 0 Å². The van der Waals surface area contributed by atoms with Crippen LogP contribution < -0.4 is 0 Å². The first-order valence-corrected chi connectivity index (χ1v) is 8.15. The third-order valence-corrected chi connectivity index (χ3v) is 6.54. The molecule has 96 valence electrons. The summed E-state index contributed by atoms with van der Waals surface area (Å²) in [4.78, 5) is 4.71. The van der Waals surface area contributed by atoms with Crippen LogP contribution in [0.15, 0.2) is 23.2 Å². The molecule has 0 aromatic carbocycles. The van der Waals surface area contributed by atoms with E-state index in [0.29, 0.717) is 4.75 Å². The van der Waals surface area contributed by atoms with Gasteiger partial charge in [-0.2, -0.15) is 0 Å². The van der Waals surface area contributed by atoms with E-state index < -0.39 is 0 Å². The Morgan fingerprint density at radius 1 is 1.06 bits per heavy atom. The summed E-state index contributed by atoms with van der Waals surface area (Å²) in [7, 11) is 0. The van der Waals surface area contributed by atoms with E-state index in [1.807, 2.05) is 0 Å². The fourth-order valence-electron chi connectivity index (χ4n) is 4.95. The van der Waals surface area contributed by atoms with Crippen molar-refractivity contribution >= 4 is 11.8 Å². The molecule has 4 aliphatic rings. The topological polar surface area (TPSA) is 12.9 Å². The standard InChI is InChI=1S/C16H21NS/c1-11-3-2-4-15(17-11)18-16-8-12-5-13(9-16)7-14(6-12)10-16/h2-4,12-14H,5-10H2,1H3. The van der Waals surface area contributed by atoms with E-state index in [4.69, 9.17) is 4.98 Å². The van der Waals surface area contributed by atoms with Gasteiger partial charge >= 0.3 is 0 Å². The first-order valence-electron chi connectivity index (χ1n) is 7.33. The Bertz CT molecular complexity index is 433. The van der Waals surface area contributed by atoms with Crippen molar-refractivity contribution < 1.29 is 0 Å². The van der Waals surface area contributed by atoms with Gasteiger partial charge in [0.1, 0.15) is 0 Å². The van der Waals surface area contributed by atoms with Crippen LogP contribution in [0.4, 0.5) is 0 Å². The minimum atomic E-state index is 0.551. The molecule has 0 radical (unpaired) electrons. The van der Waals surface area contributed by atoms with Gasteiger partial charge in [-0.15, -0.1) is 0 Å². The lowest BCUT2D eigenvalue weighted by Gasteiger charge is -2.56. The predicted molar refractivity (Wildman–Crippen MR) is 75.7 cm³/mol. The molecule has 4 fully saturated rings. The average molecular weight is 259 g/mol. The highest BCUT2D eigenvalue weighted by Crippen LogP contribution is 2.61. The monoisotopic (exact) mass is 259 g/mol. The second kappa shape index (κ2) is 4.00. The normalized spacial score (nSPS) is 41.3. The minimum Gasteiger partial charge on any atom is -0.247 e. The van der Waals surface area contributed by atoms with E-state index in [-0.39, 0.29) is 0 Å². The Hall–Kier alpha value is -0.500. The predicted octanol–water partition coefficient (Wildman–Crippen LogP) is 4.45. The molecule has 0 unspecified atom stereocenters. The Morgan fingerprint density at radius 3 is 2.22 bits per heavy atom. The van der Waals surface area contributed by atoms with Gasteiger partial charge in [0.05, 0.1) is 5.03 Å². The zero-order valence-corrected chi connectivity index (χ0v) is 11.9. The van der Waals surface area contributed by atoms with Crippen LogP contribution in [0.5, 0.6) is 0 Å². The van der Waals surface area contributed by atoms with Gasteiger partial charge in [0, 0.05) is 10.4 Å². The largest absolute Gasteiger partial charge is 0.247 e. The zero-order valence-electron chi connectivity index (χ0n) is 11.1. The Balaban J connectivity index is 1.60. The summed E-state index contributed by atoms with van der Waals surface area (Å²) in [5.41, 5.74) is 1.16. The quantitative estimate of drug-likeness (QED) is 0.778. The van der Waals surface area contributed by atoms with Gasteiger partial charge in [0.25, 0.3) is 0 Å². The molecule has 4 saturated carbocycles. The molecule has 1 aromatic rings. The third kappa shape index (κ3) is 1.89. The van der Waals surface area contributed by atoms with Crippen molar-refractivity contribution in [2.24, 2.45) is 17.8 Å². The molecular formula is C16H21NS. The van der Waals surface area contributed by atoms with Crippen LogP contribution in [0.2, 0.25) is 0 Å². The number of pyridine rings is 1. The van der Waals surface area contributed by atoms with Gasteiger partial charge in [-0.05, 0) is 75.3 Å². The molecule has 5 rings (SSSR count). The summed E-state index contributed by atoms with van der Waals surface area (Å²) in [6.45, 7) is 2.10. The number of rotatable bonds is 2. The molecule has 0 spiro atoms. The summed E-state index contributed by atoms with van der Waals surface area (Å²) in [5, 5.41) is 1.26. The summed E-state index contributed by atoms with van der Waals surface area (Å²) < 4.78 is 0.551. The van der Waals surface area contributed by atoms with Crippen LogP contribution in [-0.4, -0.2) is 9.73 Å². The summed E-state index contributed by atoms with van der Waals surface area (Å²) >= 11 is 2.10. The number of hydrogen-bond acceptors (Lipinski definition) is 2. The number of thioether (sulfide) groups is 1. The van der Waals surface area contributed by atoms with Gasteiger partial charge in [-0.25, -0.2) is 4.98 Å². The maximum atomic E-state index is 4.71. The Kier molecular flexibility index (Phi) is 2.52. The second-order valence-corrected chi connectivity index (χ2v) is 8.31. The SMILES string of the molecule is Cc1cccc(SC23CC4CC(CC(C4)C2)C3)n1. The molecule has 0 atom stereocenters. The van der Waals surface area contributed by atoms with E-state index in [0.717, 1.165) is 23.4 Å². The molecule has 0 aliphatic heterocycles. The van der Waals surface area contributed by atoms with E-state index in [9.17, 15) is 0 Å². The summed E-state index contributed by atoms with van der Waals surface area (Å²) in [6.07, 6.45) is 8.96. The first kappa shape index (κ1) is 11.3. The highest BCUT2D eigenvalue weighted by atomic mass is 32.2. The Morgan fingerprint density at radius 2 is 1.67 bits per heavy atom. The molecular weight excluding hydrogens is 238 g/mol. The summed E-state index contributed by atoms with van der Waals surface area (Å²) in [5.74, 6) is 3.11. The molecule has 4 bridgehead atoms. The van der Waals surface area contributed by atoms with Crippen LogP contribution in [0, 0.1) is 24.7 Å². The van der Waals surface area contributed by atoms with Gasteiger partial charge in [0.2, 0.25) is 0 Å². The lowest BCUT2D eigenvalue weighted by molar-refractivity contribution is 0.0383. The molecule has 0 amide bonds. The molecule has 1 aromatic heterocycles. The highest BCUT2D eigenvalue weighted by Gasteiger charge is 2.51. The fourth-order valence-corrected chi connectivity index (χ4v) is 6.69. The van der Waals surface area contributed by atoms with Crippen molar-refractivity contribution in [1.29, 1.82) is 0 Å². The molecule has 4 aliphatic carbocycles. The van der Waals surface area contributed by atoms with E-state index in [2.05, 4.69) is 36.9 Å². The van der Waals surface area contributed by atoms with Crippen LogP contribution in [-0.2, 0) is 0 Å². The molecule has 18 heavy (non-hydrogen) atoms. The van der Waals surface area contributed by atoms with Crippen molar-refractivity contribution in [2.75, 3.05) is 0 Å². The van der Waals surface area contributed by atoms with Crippen molar-refractivity contribution in [1.82, 2.24) is 4.98 Å². The van der Waals surface area contributed by atoms with Gasteiger partial charge in [-0.1, -0.05) is 17.8 Å². The number of aromatic nitrogens is 1. The zero-order chi connectivity index (χ0) is 12.2. The molecule has 1 nitrogen and oxygen atoms in total. The van der Waals surface area contributed by atoms with E-state index >= 15 is 0 Å². The number of aryl methyl sites for hydroxylation is 1. The van der Waals surface area contributed by atoms with Crippen LogP contribution in [0.1, 0.15) is 44.2 Å². The van der Waals surface area contributed by atoms with E-state index in [1.54, 1.807) is 0 Å². The third-order valence-electron chi connectivity index (χ3n) is 5.17. The lowest BCUT2D eigenvalue weighted by Crippen LogP contribution is -2.48. The van der Waals surface area contributed by atoms with Gasteiger partial charge < -0.3 is 0 Å².